The van der Waals surface area contributed by atoms with Gasteiger partial charge in [0, 0.05) is 17.7 Å². The molecule has 0 atom stereocenters. The maximum absolute atomic E-state index is 12.8. The lowest BCUT2D eigenvalue weighted by Gasteiger charge is -2.10. The van der Waals surface area contributed by atoms with Crippen LogP contribution >= 0.6 is 11.8 Å². The van der Waals surface area contributed by atoms with Crippen LogP contribution in [0.15, 0.2) is 51.9 Å². The third kappa shape index (κ3) is 2.75. The van der Waals surface area contributed by atoms with Gasteiger partial charge in [-0.1, -0.05) is 24.8 Å². The molecule has 2 aromatic carbocycles. The number of benzene rings is 2. The number of hydrogen-bond donors (Lipinski definition) is 1. The Kier molecular flexibility index (Phi) is 4.18. The Morgan fingerprint density at radius 1 is 1.17 bits per heavy atom. The largest absolute Gasteiger partial charge is 0.513 e. The molecule has 3 nitrogen and oxygen atoms in total. The normalized spacial score (nSPS) is 11.2. The number of allylic oxidation sites excluding steroid dienone is 1. The first-order valence-corrected chi connectivity index (χ1v) is 8.75. The van der Waals surface area contributed by atoms with Crippen LogP contribution in [0.25, 0.3) is 21.9 Å². The molecule has 0 unspecified atom stereocenters. The standard InChI is InChI=1S/C19H18O3S/c1-11(20)9-13-5-4-6-15-17(21)16-8-7-14(10-23-3)12(2)18(16)22-19(13)15/h4-8,20H,1,9-10H2,2-3H3. The summed E-state index contributed by atoms with van der Waals surface area (Å²) in [5, 5.41) is 10.6. The highest BCUT2D eigenvalue weighted by atomic mass is 32.2. The van der Waals surface area contributed by atoms with E-state index >= 15 is 0 Å². The van der Waals surface area contributed by atoms with E-state index in [1.807, 2.05) is 31.4 Å². The first-order valence-electron chi connectivity index (χ1n) is 7.35. The van der Waals surface area contributed by atoms with Crippen molar-refractivity contribution in [2.45, 2.75) is 19.1 Å². The first-order chi connectivity index (χ1) is 11.0. The number of hydrogen-bond acceptors (Lipinski definition) is 4. The predicted octanol–water partition coefficient (Wildman–Crippen LogP) is 4.73. The van der Waals surface area contributed by atoms with E-state index in [1.165, 1.54) is 0 Å². The molecule has 118 valence electrons. The van der Waals surface area contributed by atoms with Crippen molar-refractivity contribution in [1.29, 1.82) is 0 Å². The van der Waals surface area contributed by atoms with Crippen molar-refractivity contribution in [1.82, 2.24) is 0 Å². The number of aliphatic hydroxyl groups is 1. The molecule has 0 aliphatic rings. The molecule has 3 aromatic rings. The number of thioether (sulfide) groups is 1. The number of aryl methyl sites for hydroxylation is 1. The minimum Gasteiger partial charge on any atom is -0.513 e. The molecule has 0 amide bonds. The van der Waals surface area contributed by atoms with Crippen LogP contribution in [0.4, 0.5) is 0 Å². The van der Waals surface area contributed by atoms with E-state index in [2.05, 4.69) is 6.58 Å². The van der Waals surface area contributed by atoms with Crippen molar-refractivity contribution >= 4 is 33.7 Å². The minimum absolute atomic E-state index is 0.0366. The average Bonchev–Trinajstić information content (AvgIpc) is 2.51. The third-order valence-electron chi connectivity index (χ3n) is 4.00. The highest BCUT2D eigenvalue weighted by Crippen LogP contribution is 2.27. The smallest absolute Gasteiger partial charge is 0.200 e. The molecule has 23 heavy (non-hydrogen) atoms. The fourth-order valence-electron chi connectivity index (χ4n) is 2.84. The molecule has 0 bridgehead atoms. The van der Waals surface area contributed by atoms with Crippen LogP contribution in [0.3, 0.4) is 0 Å². The third-order valence-corrected chi connectivity index (χ3v) is 4.60. The monoisotopic (exact) mass is 326 g/mol. The lowest BCUT2D eigenvalue weighted by atomic mass is 10.0. The Morgan fingerprint density at radius 2 is 1.91 bits per heavy atom. The average molecular weight is 326 g/mol. The molecule has 1 N–H and O–H groups in total. The van der Waals surface area contributed by atoms with Gasteiger partial charge in [0.05, 0.1) is 16.5 Å². The molecule has 4 heteroatoms. The van der Waals surface area contributed by atoms with Crippen LogP contribution in [0.1, 0.15) is 16.7 Å². The van der Waals surface area contributed by atoms with Crippen LogP contribution < -0.4 is 5.43 Å². The maximum atomic E-state index is 12.8. The topological polar surface area (TPSA) is 50.4 Å². The summed E-state index contributed by atoms with van der Waals surface area (Å²) in [5.41, 5.74) is 4.05. The van der Waals surface area contributed by atoms with E-state index in [0.29, 0.717) is 21.9 Å². The zero-order valence-electron chi connectivity index (χ0n) is 13.2. The van der Waals surface area contributed by atoms with Gasteiger partial charge in [-0.15, -0.1) is 0 Å². The van der Waals surface area contributed by atoms with E-state index in [-0.39, 0.29) is 17.6 Å². The fourth-order valence-corrected chi connectivity index (χ4v) is 3.47. The van der Waals surface area contributed by atoms with Gasteiger partial charge in [0.1, 0.15) is 11.2 Å². The number of fused-ring (bicyclic) bond motifs is 2. The summed E-state index contributed by atoms with van der Waals surface area (Å²) in [7, 11) is 0. The highest BCUT2D eigenvalue weighted by molar-refractivity contribution is 7.97. The molecular weight excluding hydrogens is 308 g/mol. The molecule has 1 heterocycles. The second-order valence-electron chi connectivity index (χ2n) is 5.63. The number of para-hydroxylation sites is 1. The van der Waals surface area contributed by atoms with Gasteiger partial charge in [-0.3, -0.25) is 4.79 Å². The molecule has 0 radical (unpaired) electrons. The molecule has 0 fully saturated rings. The Bertz CT molecular complexity index is 970. The molecule has 1 aromatic heterocycles. The summed E-state index contributed by atoms with van der Waals surface area (Å²) in [6.07, 6.45) is 2.32. The first kappa shape index (κ1) is 15.7. The number of rotatable bonds is 4. The summed E-state index contributed by atoms with van der Waals surface area (Å²) in [4.78, 5) is 12.8. The van der Waals surface area contributed by atoms with Crippen molar-refractivity contribution in [3.05, 3.63) is 69.6 Å². The Morgan fingerprint density at radius 3 is 2.61 bits per heavy atom. The van der Waals surface area contributed by atoms with E-state index in [0.717, 1.165) is 22.4 Å². The molecule has 0 aliphatic heterocycles. The molecule has 0 aliphatic carbocycles. The van der Waals surface area contributed by atoms with Crippen molar-refractivity contribution in [3.63, 3.8) is 0 Å². The summed E-state index contributed by atoms with van der Waals surface area (Å²) >= 11 is 1.73. The Labute approximate surface area is 138 Å². The summed E-state index contributed by atoms with van der Waals surface area (Å²) in [6.45, 7) is 5.51. The molecule has 0 saturated carbocycles. The van der Waals surface area contributed by atoms with Crippen LogP contribution in [-0.4, -0.2) is 11.4 Å². The Balaban J connectivity index is 2.39. The van der Waals surface area contributed by atoms with Gasteiger partial charge in [-0.25, -0.2) is 0 Å². The summed E-state index contributed by atoms with van der Waals surface area (Å²) in [6, 6.07) is 9.25. The van der Waals surface area contributed by atoms with Gasteiger partial charge in [-0.2, -0.15) is 11.8 Å². The van der Waals surface area contributed by atoms with Gasteiger partial charge in [0.15, 0.2) is 0 Å². The highest BCUT2D eigenvalue weighted by Gasteiger charge is 2.14. The zero-order chi connectivity index (χ0) is 16.6. The van der Waals surface area contributed by atoms with Crippen molar-refractivity contribution in [2.75, 3.05) is 6.26 Å². The SMILES string of the molecule is C=C(O)Cc1cccc2c(=O)c3ccc(CSC)c(C)c3oc12. The van der Waals surface area contributed by atoms with Crippen molar-refractivity contribution < 1.29 is 9.52 Å². The summed E-state index contributed by atoms with van der Waals surface area (Å²) < 4.78 is 6.12. The molecule has 0 spiro atoms. The van der Waals surface area contributed by atoms with Crippen LogP contribution in [0.2, 0.25) is 0 Å². The van der Waals surface area contributed by atoms with Gasteiger partial charge in [0.25, 0.3) is 0 Å². The minimum atomic E-state index is -0.0366. The van der Waals surface area contributed by atoms with E-state index < -0.39 is 0 Å². The van der Waals surface area contributed by atoms with Gasteiger partial charge >= 0.3 is 0 Å². The number of aliphatic hydroxyl groups excluding tert-OH is 1. The second kappa shape index (κ2) is 6.13. The molecular formula is C19H18O3S. The van der Waals surface area contributed by atoms with Crippen molar-refractivity contribution in [3.8, 4) is 0 Å². The van der Waals surface area contributed by atoms with Gasteiger partial charge in [-0.05, 0) is 36.4 Å². The lowest BCUT2D eigenvalue weighted by molar-refractivity contribution is 0.401. The van der Waals surface area contributed by atoms with Crippen LogP contribution in [-0.2, 0) is 12.2 Å². The van der Waals surface area contributed by atoms with E-state index in [9.17, 15) is 9.90 Å². The van der Waals surface area contributed by atoms with E-state index in [4.69, 9.17) is 4.42 Å². The van der Waals surface area contributed by atoms with Gasteiger partial charge in [0.2, 0.25) is 5.43 Å². The van der Waals surface area contributed by atoms with E-state index in [1.54, 1.807) is 23.9 Å². The van der Waals surface area contributed by atoms with Crippen molar-refractivity contribution in [2.24, 2.45) is 0 Å². The second-order valence-corrected chi connectivity index (χ2v) is 6.49. The van der Waals surface area contributed by atoms with Gasteiger partial charge < -0.3 is 9.52 Å². The molecule has 3 rings (SSSR count). The van der Waals surface area contributed by atoms with Crippen LogP contribution in [0.5, 0.6) is 0 Å². The fraction of sp³-hybridized carbons (Fsp3) is 0.211. The maximum Gasteiger partial charge on any atom is 0.200 e. The van der Waals surface area contributed by atoms with Crippen LogP contribution in [0, 0.1) is 6.92 Å². The quantitative estimate of drug-likeness (QED) is 0.556. The lowest BCUT2D eigenvalue weighted by Crippen LogP contribution is -2.05. The molecule has 0 saturated heterocycles. The zero-order valence-corrected chi connectivity index (χ0v) is 14.0. The predicted molar refractivity (Wildman–Crippen MR) is 97.4 cm³/mol. The Hall–Kier alpha value is -2.20. The summed E-state index contributed by atoms with van der Waals surface area (Å²) in [5.74, 6) is 0.923.